The Bertz CT molecular complexity index is 385. The molecule has 1 aromatic rings. The number of aromatic nitrogens is 2. The Balaban J connectivity index is 3.15. The summed E-state index contributed by atoms with van der Waals surface area (Å²) in [6.07, 6.45) is -4.62. The van der Waals surface area contributed by atoms with Crippen molar-refractivity contribution in [2.75, 3.05) is 13.8 Å². The number of alkyl halides is 4. The number of halogens is 4. The summed E-state index contributed by atoms with van der Waals surface area (Å²) in [6, 6.07) is 0.654. The van der Waals surface area contributed by atoms with Gasteiger partial charge in [0.05, 0.1) is 13.7 Å². The van der Waals surface area contributed by atoms with Crippen molar-refractivity contribution >= 4 is 5.90 Å². The summed E-state index contributed by atoms with van der Waals surface area (Å²) in [5.41, 5.74) is -1.37. The molecule has 0 amide bonds. The lowest BCUT2D eigenvalue weighted by Crippen LogP contribution is -2.13. The largest absolute Gasteiger partial charge is 0.480 e. The molecule has 1 aromatic heterocycles. The van der Waals surface area contributed by atoms with E-state index in [1.54, 1.807) is 0 Å². The number of methoxy groups -OCH3 is 1. The highest BCUT2D eigenvalue weighted by atomic mass is 19.4. The van der Waals surface area contributed by atoms with Crippen molar-refractivity contribution in [3.8, 4) is 0 Å². The van der Waals surface area contributed by atoms with Crippen LogP contribution in [0.5, 0.6) is 0 Å². The number of nitrogens with zero attached hydrogens (tertiary/aromatic N) is 2. The van der Waals surface area contributed by atoms with E-state index in [-0.39, 0.29) is 12.2 Å². The SMILES string of the molecule is COC(=N)c1cc(C(F)(F)F)nn1CCF. The molecule has 0 aliphatic rings. The van der Waals surface area contributed by atoms with Gasteiger partial charge in [-0.05, 0) is 0 Å². The normalized spacial score (nSPS) is 11.6. The summed E-state index contributed by atoms with van der Waals surface area (Å²) in [6.45, 7) is -1.22. The molecule has 1 heterocycles. The molecular weight excluding hydrogens is 230 g/mol. The first kappa shape index (κ1) is 12.5. The topological polar surface area (TPSA) is 50.9 Å². The smallest absolute Gasteiger partial charge is 0.435 e. The van der Waals surface area contributed by atoms with Crippen molar-refractivity contribution in [1.29, 1.82) is 5.41 Å². The van der Waals surface area contributed by atoms with Crippen LogP contribution in [0.3, 0.4) is 0 Å². The van der Waals surface area contributed by atoms with Crippen LogP contribution in [0.2, 0.25) is 0 Å². The molecule has 0 bridgehead atoms. The van der Waals surface area contributed by atoms with Gasteiger partial charge in [0, 0.05) is 6.07 Å². The van der Waals surface area contributed by atoms with E-state index in [1.165, 1.54) is 0 Å². The standard InChI is InChI=1S/C8H9F4N3O/c1-16-7(13)5-4-6(8(10,11)12)14-15(5)3-2-9/h4,13H,2-3H2,1H3. The number of hydrogen-bond donors (Lipinski definition) is 1. The van der Waals surface area contributed by atoms with E-state index in [9.17, 15) is 17.6 Å². The molecule has 1 N–H and O–H groups in total. The molecule has 0 aliphatic heterocycles. The first-order valence-electron chi connectivity index (χ1n) is 4.24. The average molecular weight is 239 g/mol. The fraction of sp³-hybridized carbons (Fsp3) is 0.500. The highest BCUT2D eigenvalue weighted by Crippen LogP contribution is 2.28. The minimum Gasteiger partial charge on any atom is -0.480 e. The summed E-state index contributed by atoms with van der Waals surface area (Å²) in [5.74, 6) is -0.489. The van der Waals surface area contributed by atoms with Crippen LogP contribution in [0.25, 0.3) is 0 Å². The Hall–Kier alpha value is -1.60. The Morgan fingerprint density at radius 1 is 1.56 bits per heavy atom. The Morgan fingerprint density at radius 2 is 2.19 bits per heavy atom. The molecule has 0 aromatic carbocycles. The van der Waals surface area contributed by atoms with Crippen LogP contribution in [0.15, 0.2) is 6.07 Å². The summed E-state index contributed by atoms with van der Waals surface area (Å²) in [4.78, 5) is 0. The zero-order valence-electron chi connectivity index (χ0n) is 8.31. The summed E-state index contributed by atoms with van der Waals surface area (Å²) < 4.78 is 54.2. The van der Waals surface area contributed by atoms with Crippen LogP contribution in [-0.2, 0) is 17.5 Å². The van der Waals surface area contributed by atoms with Gasteiger partial charge >= 0.3 is 6.18 Å². The molecular formula is C8H9F4N3O. The van der Waals surface area contributed by atoms with Gasteiger partial charge in [0.2, 0.25) is 5.90 Å². The first-order valence-corrected chi connectivity index (χ1v) is 4.24. The second-order valence-corrected chi connectivity index (χ2v) is 2.86. The number of nitrogens with one attached hydrogen (secondary N) is 1. The van der Waals surface area contributed by atoms with E-state index in [0.717, 1.165) is 11.8 Å². The van der Waals surface area contributed by atoms with Crippen molar-refractivity contribution in [3.05, 3.63) is 17.5 Å². The first-order chi connectivity index (χ1) is 7.40. The third kappa shape index (κ3) is 2.50. The molecule has 90 valence electrons. The number of aryl methyl sites for hydroxylation is 1. The fourth-order valence-electron chi connectivity index (χ4n) is 1.09. The van der Waals surface area contributed by atoms with Crippen molar-refractivity contribution < 1.29 is 22.3 Å². The van der Waals surface area contributed by atoms with Crippen LogP contribution in [0.1, 0.15) is 11.4 Å². The van der Waals surface area contributed by atoms with Gasteiger partial charge in [0.15, 0.2) is 5.69 Å². The molecule has 0 unspecified atom stereocenters. The fourth-order valence-corrected chi connectivity index (χ4v) is 1.09. The zero-order chi connectivity index (χ0) is 12.3. The molecule has 0 radical (unpaired) electrons. The van der Waals surface area contributed by atoms with Gasteiger partial charge in [-0.15, -0.1) is 0 Å². The van der Waals surface area contributed by atoms with Gasteiger partial charge < -0.3 is 4.74 Å². The lowest BCUT2D eigenvalue weighted by atomic mass is 10.3. The number of hydrogen-bond acceptors (Lipinski definition) is 3. The van der Waals surface area contributed by atoms with E-state index < -0.39 is 24.4 Å². The maximum Gasteiger partial charge on any atom is 0.435 e. The summed E-state index contributed by atoms with van der Waals surface area (Å²) >= 11 is 0. The van der Waals surface area contributed by atoms with Gasteiger partial charge in [0.1, 0.15) is 12.4 Å². The van der Waals surface area contributed by atoms with Crippen molar-refractivity contribution in [2.45, 2.75) is 12.7 Å². The molecule has 0 spiro atoms. The third-order valence-corrected chi connectivity index (χ3v) is 1.80. The Labute approximate surface area is 88.3 Å². The van der Waals surface area contributed by atoms with Crippen molar-refractivity contribution in [1.82, 2.24) is 9.78 Å². The van der Waals surface area contributed by atoms with Crippen LogP contribution in [-0.4, -0.2) is 29.5 Å². The minimum atomic E-state index is -4.62. The lowest BCUT2D eigenvalue weighted by molar-refractivity contribution is -0.141. The molecule has 0 saturated carbocycles. The second kappa shape index (κ2) is 4.50. The predicted octanol–water partition coefficient (Wildman–Crippen LogP) is 1.84. The quantitative estimate of drug-likeness (QED) is 0.497. The molecule has 0 atom stereocenters. The lowest BCUT2D eigenvalue weighted by Gasteiger charge is -2.04. The molecule has 4 nitrogen and oxygen atoms in total. The number of rotatable bonds is 3. The summed E-state index contributed by atoms with van der Waals surface area (Å²) in [5, 5.41) is 10.4. The third-order valence-electron chi connectivity index (χ3n) is 1.80. The van der Waals surface area contributed by atoms with Gasteiger partial charge in [-0.3, -0.25) is 10.1 Å². The van der Waals surface area contributed by atoms with E-state index in [0.29, 0.717) is 6.07 Å². The highest BCUT2D eigenvalue weighted by molar-refractivity contribution is 5.89. The monoisotopic (exact) mass is 239 g/mol. The molecule has 16 heavy (non-hydrogen) atoms. The zero-order valence-corrected chi connectivity index (χ0v) is 8.31. The Kier molecular flexibility index (Phi) is 3.51. The maximum absolute atomic E-state index is 12.3. The van der Waals surface area contributed by atoms with Gasteiger partial charge in [-0.2, -0.15) is 18.3 Å². The summed E-state index contributed by atoms with van der Waals surface area (Å²) in [7, 11) is 1.14. The molecule has 0 aliphatic carbocycles. The average Bonchev–Trinajstić information content (AvgIpc) is 2.61. The van der Waals surface area contributed by atoms with Crippen LogP contribution in [0, 0.1) is 5.41 Å². The predicted molar refractivity (Wildman–Crippen MR) is 47.0 cm³/mol. The molecule has 8 heteroatoms. The molecule has 0 saturated heterocycles. The minimum absolute atomic E-state index is 0.201. The van der Waals surface area contributed by atoms with Crippen LogP contribution >= 0.6 is 0 Å². The van der Waals surface area contributed by atoms with Crippen molar-refractivity contribution in [3.63, 3.8) is 0 Å². The highest BCUT2D eigenvalue weighted by Gasteiger charge is 2.35. The van der Waals surface area contributed by atoms with Crippen molar-refractivity contribution in [2.24, 2.45) is 0 Å². The Morgan fingerprint density at radius 3 is 2.62 bits per heavy atom. The van der Waals surface area contributed by atoms with Gasteiger partial charge in [-0.25, -0.2) is 4.39 Å². The van der Waals surface area contributed by atoms with Crippen LogP contribution < -0.4 is 0 Å². The van der Waals surface area contributed by atoms with E-state index in [4.69, 9.17) is 5.41 Å². The van der Waals surface area contributed by atoms with E-state index >= 15 is 0 Å². The van der Waals surface area contributed by atoms with Gasteiger partial charge in [0.25, 0.3) is 0 Å². The molecule has 1 rings (SSSR count). The van der Waals surface area contributed by atoms with Crippen LogP contribution in [0.4, 0.5) is 17.6 Å². The van der Waals surface area contributed by atoms with Gasteiger partial charge in [-0.1, -0.05) is 0 Å². The van der Waals surface area contributed by atoms with E-state index in [1.807, 2.05) is 0 Å². The van der Waals surface area contributed by atoms with E-state index in [2.05, 4.69) is 9.84 Å². The molecule has 0 fully saturated rings. The maximum atomic E-state index is 12.3. The number of ether oxygens (including phenoxy) is 1. The second-order valence-electron chi connectivity index (χ2n) is 2.86.